The molecule has 0 unspecified atom stereocenters. The molecule has 2 aromatic rings. The molecule has 0 aromatic heterocycles. The predicted octanol–water partition coefficient (Wildman–Crippen LogP) is 4.26. The molecule has 1 N–H and O–H groups in total. The van der Waals surface area contributed by atoms with Crippen LogP contribution in [0.2, 0.25) is 5.02 Å². The van der Waals surface area contributed by atoms with Crippen molar-refractivity contribution in [2.45, 2.75) is 26.2 Å². The largest absolute Gasteiger partial charge is 0.493 e. The fraction of sp³-hybridized carbons (Fsp3) is 0.350. The van der Waals surface area contributed by atoms with Crippen LogP contribution in [0.1, 0.15) is 25.3 Å². The van der Waals surface area contributed by atoms with Crippen molar-refractivity contribution < 1.29 is 14.3 Å². The van der Waals surface area contributed by atoms with Crippen molar-refractivity contribution in [1.29, 1.82) is 0 Å². The molecule has 1 amide bonds. The minimum absolute atomic E-state index is 0.0173. The van der Waals surface area contributed by atoms with Gasteiger partial charge in [-0.05, 0) is 49.1 Å². The molecule has 0 aliphatic heterocycles. The molecule has 0 heterocycles. The Kier molecular flexibility index (Phi) is 8.13. The summed E-state index contributed by atoms with van der Waals surface area (Å²) >= 11 is 5.87. The van der Waals surface area contributed by atoms with Crippen LogP contribution in [-0.2, 0) is 11.2 Å². The number of aryl methyl sites for hydroxylation is 1. The van der Waals surface area contributed by atoms with Crippen LogP contribution >= 0.6 is 11.6 Å². The van der Waals surface area contributed by atoms with E-state index in [4.69, 9.17) is 21.1 Å². The second-order valence-corrected chi connectivity index (χ2v) is 6.09. The van der Waals surface area contributed by atoms with Gasteiger partial charge in [-0.1, -0.05) is 42.8 Å². The highest BCUT2D eigenvalue weighted by atomic mass is 35.5. The molecular formula is C20H24ClNO3. The van der Waals surface area contributed by atoms with Crippen LogP contribution in [0.25, 0.3) is 0 Å². The molecule has 0 saturated heterocycles. The van der Waals surface area contributed by atoms with E-state index in [0.717, 1.165) is 25.0 Å². The van der Waals surface area contributed by atoms with Gasteiger partial charge in [-0.2, -0.15) is 0 Å². The van der Waals surface area contributed by atoms with Gasteiger partial charge in [-0.15, -0.1) is 0 Å². The zero-order valence-electron chi connectivity index (χ0n) is 14.5. The lowest BCUT2D eigenvalue weighted by Gasteiger charge is -2.11. The van der Waals surface area contributed by atoms with Crippen molar-refractivity contribution in [2.24, 2.45) is 0 Å². The number of benzene rings is 2. The number of hydrogen-bond donors (Lipinski definition) is 1. The first kappa shape index (κ1) is 19.1. The Morgan fingerprint density at radius 2 is 1.96 bits per heavy atom. The van der Waals surface area contributed by atoms with Gasteiger partial charge in [0.15, 0.2) is 6.61 Å². The third-order valence-electron chi connectivity index (χ3n) is 3.55. The molecule has 0 radical (unpaired) electrons. The number of carbonyl (C=O) groups is 1. The van der Waals surface area contributed by atoms with Crippen LogP contribution in [-0.4, -0.2) is 25.7 Å². The maximum Gasteiger partial charge on any atom is 0.257 e. The van der Waals surface area contributed by atoms with E-state index in [-0.39, 0.29) is 12.5 Å². The van der Waals surface area contributed by atoms with Crippen molar-refractivity contribution >= 4 is 17.5 Å². The zero-order chi connectivity index (χ0) is 17.9. The molecule has 0 aliphatic rings. The van der Waals surface area contributed by atoms with E-state index in [2.05, 4.69) is 18.3 Å². The van der Waals surface area contributed by atoms with Crippen LogP contribution in [0.3, 0.4) is 0 Å². The smallest absolute Gasteiger partial charge is 0.257 e. The fourth-order valence-corrected chi connectivity index (χ4v) is 2.51. The van der Waals surface area contributed by atoms with Crippen molar-refractivity contribution in [1.82, 2.24) is 5.32 Å². The summed E-state index contributed by atoms with van der Waals surface area (Å²) in [6.45, 7) is 3.38. The Morgan fingerprint density at radius 3 is 2.76 bits per heavy atom. The molecule has 0 spiro atoms. The van der Waals surface area contributed by atoms with Crippen LogP contribution in [0.15, 0.2) is 48.5 Å². The molecule has 5 heteroatoms. The van der Waals surface area contributed by atoms with Crippen LogP contribution in [0.4, 0.5) is 0 Å². The number of rotatable bonds is 10. The Hall–Kier alpha value is -2.20. The molecule has 25 heavy (non-hydrogen) atoms. The van der Waals surface area contributed by atoms with Gasteiger partial charge in [0.05, 0.1) is 6.61 Å². The van der Waals surface area contributed by atoms with E-state index in [9.17, 15) is 4.79 Å². The molecule has 0 fully saturated rings. The number of para-hydroxylation sites is 1. The van der Waals surface area contributed by atoms with Gasteiger partial charge in [0.1, 0.15) is 11.5 Å². The van der Waals surface area contributed by atoms with Gasteiger partial charge in [-0.3, -0.25) is 4.79 Å². The summed E-state index contributed by atoms with van der Waals surface area (Å²) in [5.74, 6) is 1.38. The second-order valence-electron chi connectivity index (χ2n) is 5.66. The first-order chi connectivity index (χ1) is 12.2. The number of carbonyl (C=O) groups excluding carboxylic acids is 1. The number of amides is 1. The lowest BCUT2D eigenvalue weighted by Crippen LogP contribution is -2.29. The molecule has 0 atom stereocenters. The maximum absolute atomic E-state index is 11.8. The first-order valence-corrected chi connectivity index (χ1v) is 8.92. The van der Waals surface area contributed by atoms with Crippen molar-refractivity contribution in [3.05, 3.63) is 59.1 Å². The fourth-order valence-electron chi connectivity index (χ4n) is 2.33. The highest BCUT2D eigenvalue weighted by Crippen LogP contribution is 2.19. The lowest BCUT2D eigenvalue weighted by molar-refractivity contribution is -0.123. The van der Waals surface area contributed by atoms with Crippen molar-refractivity contribution in [3.8, 4) is 11.5 Å². The standard InChI is InChI=1S/C20H24ClNO3/c1-2-13-24-19-11-4-3-7-16(19)8-6-12-22-20(23)15-25-18-10-5-9-17(21)14-18/h3-5,7,9-11,14H,2,6,8,12-13,15H2,1H3,(H,22,23). The van der Waals surface area contributed by atoms with Crippen molar-refractivity contribution in [3.63, 3.8) is 0 Å². The molecule has 4 nitrogen and oxygen atoms in total. The Morgan fingerprint density at radius 1 is 1.12 bits per heavy atom. The van der Waals surface area contributed by atoms with E-state index in [1.54, 1.807) is 24.3 Å². The SMILES string of the molecule is CCCOc1ccccc1CCCNC(=O)COc1cccc(Cl)c1. The highest BCUT2D eigenvalue weighted by molar-refractivity contribution is 6.30. The molecule has 0 bridgehead atoms. The summed E-state index contributed by atoms with van der Waals surface area (Å²) in [5, 5.41) is 3.45. The van der Waals surface area contributed by atoms with Crippen LogP contribution in [0.5, 0.6) is 11.5 Å². The summed E-state index contributed by atoms with van der Waals surface area (Å²) in [7, 11) is 0. The van der Waals surface area contributed by atoms with Gasteiger partial charge in [0, 0.05) is 11.6 Å². The van der Waals surface area contributed by atoms with Gasteiger partial charge >= 0.3 is 0 Å². The predicted molar refractivity (Wildman–Crippen MR) is 101 cm³/mol. The van der Waals surface area contributed by atoms with Gasteiger partial charge in [0.2, 0.25) is 0 Å². The van der Waals surface area contributed by atoms with Gasteiger partial charge < -0.3 is 14.8 Å². The van der Waals surface area contributed by atoms with E-state index in [1.807, 2.05) is 18.2 Å². The quantitative estimate of drug-likeness (QED) is 0.643. The van der Waals surface area contributed by atoms with Crippen LogP contribution < -0.4 is 14.8 Å². The van der Waals surface area contributed by atoms with Crippen LogP contribution in [0, 0.1) is 0 Å². The van der Waals surface area contributed by atoms with E-state index >= 15 is 0 Å². The summed E-state index contributed by atoms with van der Waals surface area (Å²) in [6, 6.07) is 15.0. The third kappa shape index (κ3) is 7.06. The number of halogens is 1. The average molecular weight is 362 g/mol. The topological polar surface area (TPSA) is 47.6 Å². The third-order valence-corrected chi connectivity index (χ3v) is 3.78. The summed E-state index contributed by atoms with van der Waals surface area (Å²) in [4.78, 5) is 11.8. The van der Waals surface area contributed by atoms with E-state index in [1.165, 1.54) is 5.56 Å². The monoisotopic (exact) mass is 361 g/mol. The number of ether oxygens (including phenoxy) is 2. The number of hydrogen-bond acceptors (Lipinski definition) is 3. The lowest BCUT2D eigenvalue weighted by atomic mass is 10.1. The van der Waals surface area contributed by atoms with Gasteiger partial charge in [0.25, 0.3) is 5.91 Å². The molecule has 0 saturated carbocycles. The summed E-state index contributed by atoms with van der Waals surface area (Å²) in [5.41, 5.74) is 1.17. The van der Waals surface area contributed by atoms with E-state index < -0.39 is 0 Å². The minimum Gasteiger partial charge on any atom is -0.493 e. The highest BCUT2D eigenvalue weighted by Gasteiger charge is 2.05. The molecule has 134 valence electrons. The summed E-state index contributed by atoms with van der Waals surface area (Å²) < 4.78 is 11.2. The molecule has 0 aliphatic carbocycles. The van der Waals surface area contributed by atoms with Gasteiger partial charge in [-0.25, -0.2) is 0 Å². The second kappa shape index (κ2) is 10.6. The minimum atomic E-state index is -0.143. The molecular weight excluding hydrogens is 338 g/mol. The first-order valence-electron chi connectivity index (χ1n) is 8.55. The molecule has 2 rings (SSSR count). The summed E-state index contributed by atoms with van der Waals surface area (Å²) in [6.07, 6.45) is 2.68. The molecule has 2 aromatic carbocycles. The van der Waals surface area contributed by atoms with E-state index in [0.29, 0.717) is 23.9 Å². The normalized spacial score (nSPS) is 10.3. The maximum atomic E-state index is 11.8. The van der Waals surface area contributed by atoms with Crippen molar-refractivity contribution in [2.75, 3.05) is 19.8 Å². The zero-order valence-corrected chi connectivity index (χ0v) is 15.2. The Labute approximate surface area is 154 Å². The number of nitrogens with one attached hydrogen (secondary N) is 1. The Balaban J connectivity index is 1.68. The Bertz CT molecular complexity index is 675. The average Bonchev–Trinajstić information content (AvgIpc) is 2.62.